The lowest BCUT2D eigenvalue weighted by Gasteiger charge is -2.13. The Hall–Kier alpha value is -0.330. The summed E-state index contributed by atoms with van der Waals surface area (Å²) in [5.74, 6) is -6.03. The first-order valence-electron chi connectivity index (χ1n) is 4.40. The predicted octanol–water partition coefficient (Wildman–Crippen LogP) is 4.30. The molecule has 15 heavy (non-hydrogen) atoms. The average Bonchev–Trinajstić information content (AvgIpc) is 2.19. The van der Waals surface area contributed by atoms with Crippen molar-refractivity contribution in [3.63, 3.8) is 0 Å². The maximum absolute atomic E-state index is 13.4. The molecule has 0 saturated carbocycles. The van der Waals surface area contributed by atoms with Gasteiger partial charge in [-0.2, -0.15) is 0 Å². The Kier molecular flexibility index (Phi) is 3.97. The van der Waals surface area contributed by atoms with E-state index in [0.29, 0.717) is 0 Å². The largest absolute Gasteiger partial charge is 0.203 e. The van der Waals surface area contributed by atoms with Gasteiger partial charge in [0, 0.05) is 9.49 Å². The number of alkyl halides is 1. The molecular formula is C10H9F4I. The second-order valence-electron chi connectivity index (χ2n) is 3.12. The van der Waals surface area contributed by atoms with E-state index in [4.69, 9.17) is 0 Å². The fraction of sp³-hybridized carbons (Fsp3) is 0.400. The van der Waals surface area contributed by atoms with Gasteiger partial charge in [-0.25, -0.2) is 17.6 Å². The lowest BCUT2D eigenvalue weighted by atomic mass is 10.0. The smallest absolute Gasteiger partial charge is 0.197 e. The summed E-state index contributed by atoms with van der Waals surface area (Å²) in [6.07, 6.45) is 0.128. The van der Waals surface area contributed by atoms with Crippen LogP contribution >= 0.6 is 22.6 Å². The van der Waals surface area contributed by atoms with Gasteiger partial charge >= 0.3 is 0 Å². The minimum Gasteiger partial charge on any atom is -0.203 e. The van der Waals surface area contributed by atoms with E-state index in [-0.39, 0.29) is 17.5 Å². The standard InChI is InChI=1S/C10H9F4I/c1-3-5-6(4(2)15)8(12)10(14)9(13)7(5)11/h4H,3H2,1-2H3. The van der Waals surface area contributed by atoms with E-state index in [9.17, 15) is 17.6 Å². The minimum absolute atomic E-state index is 0.0884. The maximum atomic E-state index is 13.4. The fourth-order valence-corrected chi connectivity index (χ4v) is 2.10. The van der Waals surface area contributed by atoms with Crippen molar-refractivity contribution in [3.8, 4) is 0 Å². The van der Waals surface area contributed by atoms with Crippen molar-refractivity contribution in [1.82, 2.24) is 0 Å². The Balaban J connectivity index is 3.62. The molecule has 1 aromatic rings. The minimum atomic E-state index is -1.73. The molecule has 0 nitrogen and oxygen atoms in total. The molecule has 1 atom stereocenters. The van der Waals surface area contributed by atoms with Crippen LogP contribution in [0.2, 0.25) is 0 Å². The summed E-state index contributed by atoms with van der Waals surface area (Å²) in [6.45, 7) is 3.16. The molecule has 1 aromatic carbocycles. The van der Waals surface area contributed by atoms with Crippen LogP contribution in [0.15, 0.2) is 0 Å². The van der Waals surface area contributed by atoms with E-state index in [1.807, 2.05) is 22.6 Å². The number of benzene rings is 1. The summed E-state index contributed by atoms with van der Waals surface area (Å²) < 4.78 is 52.0. The van der Waals surface area contributed by atoms with E-state index >= 15 is 0 Å². The van der Waals surface area contributed by atoms with Crippen molar-refractivity contribution in [1.29, 1.82) is 0 Å². The molecule has 0 fully saturated rings. The summed E-state index contributed by atoms with van der Waals surface area (Å²) >= 11 is 1.83. The van der Waals surface area contributed by atoms with E-state index in [1.165, 1.54) is 0 Å². The third kappa shape index (κ3) is 2.11. The Morgan fingerprint density at radius 3 is 1.87 bits per heavy atom. The van der Waals surface area contributed by atoms with Crippen LogP contribution < -0.4 is 0 Å². The Morgan fingerprint density at radius 2 is 1.47 bits per heavy atom. The summed E-state index contributed by atoms with van der Waals surface area (Å²) in [7, 11) is 0. The van der Waals surface area contributed by atoms with Gasteiger partial charge in [-0.3, -0.25) is 0 Å². The normalized spacial score (nSPS) is 13.0. The van der Waals surface area contributed by atoms with E-state index < -0.39 is 27.2 Å². The zero-order valence-electron chi connectivity index (χ0n) is 8.17. The monoisotopic (exact) mass is 332 g/mol. The highest BCUT2D eigenvalue weighted by Gasteiger charge is 2.25. The highest BCUT2D eigenvalue weighted by atomic mass is 127. The van der Waals surface area contributed by atoms with Crippen LogP contribution in [0.25, 0.3) is 0 Å². The highest BCUT2D eigenvalue weighted by molar-refractivity contribution is 14.1. The van der Waals surface area contributed by atoms with Gasteiger partial charge in [-0.15, -0.1) is 0 Å². The lowest BCUT2D eigenvalue weighted by Crippen LogP contribution is -2.08. The van der Waals surface area contributed by atoms with Crippen molar-refractivity contribution in [2.75, 3.05) is 0 Å². The molecule has 0 aromatic heterocycles. The number of hydrogen-bond donors (Lipinski definition) is 0. The fourth-order valence-electron chi connectivity index (χ4n) is 1.45. The van der Waals surface area contributed by atoms with Crippen molar-refractivity contribution < 1.29 is 17.6 Å². The molecule has 0 saturated heterocycles. The van der Waals surface area contributed by atoms with Gasteiger partial charge in [0.15, 0.2) is 23.3 Å². The quantitative estimate of drug-likeness (QED) is 0.249. The SMILES string of the molecule is CCc1c(F)c(F)c(F)c(F)c1C(C)I. The van der Waals surface area contributed by atoms with Crippen LogP contribution in [0.3, 0.4) is 0 Å². The molecule has 0 aliphatic carbocycles. The number of hydrogen-bond acceptors (Lipinski definition) is 0. The van der Waals surface area contributed by atoms with Gasteiger partial charge in [0.05, 0.1) is 0 Å². The first kappa shape index (κ1) is 12.7. The average molecular weight is 332 g/mol. The topological polar surface area (TPSA) is 0 Å². The van der Waals surface area contributed by atoms with Crippen LogP contribution in [0.1, 0.15) is 28.9 Å². The molecule has 1 unspecified atom stereocenters. The predicted molar refractivity (Wildman–Crippen MR) is 58.1 cm³/mol. The number of rotatable bonds is 2. The zero-order valence-corrected chi connectivity index (χ0v) is 10.3. The third-order valence-corrected chi connectivity index (χ3v) is 2.78. The van der Waals surface area contributed by atoms with Crippen LogP contribution in [-0.4, -0.2) is 0 Å². The summed E-state index contributed by atoms with van der Waals surface area (Å²) in [5.41, 5.74) is -0.178. The Morgan fingerprint density at radius 1 is 1.00 bits per heavy atom. The van der Waals surface area contributed by atoms with Gasteiger partial charge in [0.25, 0.3) is 0 Å². The van der Waals surface area contributed by atoms with Crippen LogP contribution in [-0.2, 0) is 6.42 Å². The van der Waals surface area contributed by atoms with E-state index in [1.54, 1.807) is 13.8 Å². The number of halogens is 5. The van der Waals surface area contributed by atoms with Crippen LogP contribution in [0, 0.1) is 23.3 Å². The molecule has 0 heterocycles. The van der Waals surface area contributed by atoms with Crippen LogP contribution in [0.5, 0.6) is 0 Å². The summed E-state index contributed by atoms with van der Waals surface area (Å²) in [6, 6.07) is 0. The molecule has 0 aliphatic rings. The summed E-state index contributed by atoms with van der Waals surface area (Å²) in [4.78, 5) is 0. The molecule has 1 rings (SSSR count). The van der Waals surface area contributed by atoms with Crippen molar-refractivity contribution in [3.05, 3.63) is 34.4 Å². The van der Waals surface area contributed by atoms with Crippen molar-refractivity contribution in [2.45, 2.75) is 24.2 Å². The first-order chi connectivity index (χ1) is 6.91. The molecule has 5 heteroatoms. The summed E-state index contributed by atoms with van der Waals surface area (Å²) in [5, 5.41) is 0. The van der Waals surface area contributed by atoms with Gasteiger partial charge in [0.2, 0.25) is 0 Å². The van der Waals surface area contributed by atoms with E-state index in [0.717, 1.165) is 0 Å². The molecule has 0 spiro atoms. The van der Waals surface area contributed by atoms with Crippen molar-refractivity contribution >= 4 is 22.6 Å². The lowest BCUT2D eigenvalue weighted by molar-refractivity contribution is 0.399. The van der Waals surface area contributed by atoms with Crippen LogP contribution in [0.4, 0.5) is 17.6 Å². The molecule has 0 N–H and O–H groups in total. The van der Waals surface area contributed by atoms with Gasteiger partial charge < -0.3 is 0 Å². The Labute approximate surface area is 98.8 Å². The molecule has 0 bridgehead atoms. The molecule has 84 valence electrons. The van der Waals surface area contributed by atoms with Gasteiger partial charge in [0.1, 0.15) is 0 Å². The zero-order chi connectivity index (χ0) is 11.7. The second kappa shape index (κ2) is 4.67. The highest BCUT2D eigenvalue weighted by Crippen LogP contribution is 2.33. The van der Waals surface area contributed by atoms with Crippen molar-refractivity contribution in [2.24, 2.45) is 0 Å². The molecule has 0 aliphatic heterocycles. The Bertz CT molecular complexity index is 388. The second-order valence-corrected chi connectivity index (χ2v) is 4.99. The first-order valence-corrected chi connectivity index (χ1v) is 5.65. The van der Waals surface area contributed by atoms with E-state index in [2.05, 4.69) is 0 Å². The molecule has 0 amide bonds. The molecular weight excluding hydrogens is 323 g/mol. The maximum Gasteiger partial charge on any atom is 0.197 e. The van der Waals surface area contributed by atoms with Gasteiger partial charge in [-0.1, -0.05) is 29.5 Å². The molecule has 0 radical (unpaired) electrons. The van der Waals surface area contributed by atoms with Gasteiger partial charge in [-0.05, 0) is 18.9 Å². The third-order valence-electron chi connectivity index (χ3n) is 2.16.